The minimum atomic E-state index is 0.0827. The first-order chi connectivity index (χ1) is 9.45. The molecule has 0 saturated heterocycles. The highest BCUT2D eigenvalue weighted by Gasteiger charge is 2.09. The van der Waals surface area contributed by atoms with Crippen LogP contribution in [0.25, 0.3) is 0 Å². The predicted octanol–water partition coefficient (Wildman–Crippen LogP) is 4.71. The Bertz CT molecular complexity index is 584. The summed E-state index contributed by atoms with van der Waals surface area (Å²) in [6, 6.07) is 13.2. The van der Waals surface area contributed by atoms with Crippen molar-refractivity contribution in [1.82, 2.24) is 0 Å². The van der Waals surface area contributed by atoms with Crippen molar-refractivity contribution < 1.29 is 0 Å². The summed E-state index contributed by atoms with van der Waals surface area (Å²) in [5, 5.41) is 0. The predicted molar refractivity (Wildman–Crippen MR) is 89.5 cm³/mol. The van der Waals surface area contributed by atoms with Crippen molar-refractivity contribution in [2.45, 2.75) is 38.6 Å². The minimum Gasteiger partial charge on any atom is -0.323 e. The topological polar surface area (TPSA) is 26.0 Å². The molecule has 1 unspecified atom stereocenters. The lowest BCUT2D eigenvalue weighted by Crippen LogP contribution is -2.13. The van der Waals surface area contributed by atoms with Gasteiger partial charge >= 0.3 is 0 Å². The Hall–Kier alpha value is -1.25. The van der Waals surface area contributed by atoms with Gasteiger partial charge in [0, 0.05) is 16.7 Å². The number of rotatable bonds is 4. The zero-order valence-corrected chi connectivity index (χ0v) is 13.6. The van der Waals surface area contributed by atoms with E-state index in [9.17, 15) is 0 Å². The molecule has 2 aromatic carbocycles. The van der Waals surface area contributed by atoms with Crippen molar-refractivity contribution >= 4 is 11.8 Å². The summed E-state index contributed by atoms with van der Waals surface area (Å²) in [5.41, 5.74) is 12.8. The van der Waals surface area contributed by atoms with E-state index in [1.165, 1.54) is 32.7 Å². The first kappa shape index (κ1) is 15.1. The van der Waals surface area contributed by atoms with Crippen LogP contribution in [0, 0.1) is 27.7 Å². The Labute approximate surface area is 126 Å². The Balaban J connectivity index is 2.06. The number of benzene rings is 2. The Morgan fingerprint density at radius 2 is 1.55 bits per heavy atom. The quantitative estimate of drug-likeness (QED) is 0.823. The van der Waals surface area contributed by atoms with Gasteiger partial charge in [0.2, 0.25) is 0 Å². The lowest BCUT2D eigenvalue weighted by molar-refractivity contribution is 0.828. The Kier molecular flexibility index (Phi) is 4.90. The zero-order valence-electron chi connectivity index (χ0n) is 12.7. The molecule has 0 bridgehead atoms. The van der Waals surface area contributed by atoms with Crippen LogP contribution in [-0.2, 0) is 0 Å². The maximum atomic E-state index is 6.34. The Morgan fingerprint density at radius 1 is 0.900 bits per heavy atom. The van der Waals surface area contributed by atoms with Crippen LogP contribution in [0.15, 0.2) is 41.3 Å². The SMILES string of the molecule is Cc1cc(C)cc(C(N)CSc2ccc(C)cc2C)c1. The molecule has 0 aliphatic carbocycles. The van der Waals surface area contributed by atoms with Crippen molar-refractivity contribution in [1.29, 1.82) is 0 Å². The number of thioether (sulfide) groups is 1. The summed E-state index contributed by atoms with van der Waals surface area (Å²) in [6.07, 6.45) is 0. The maximum absolute atomic E-state index is 6.34. The average Bonchev–Trinajstić information content (AvgIpc) is 2.36. The van der Waals surface area contributed by atoms with Gasteiger partial charge in [0.1, 0.15) is 0 Å². The van der Waals surface area contributed by atoms with E-state index >= 15 is 0 Å². The molecule has 0 radical (unpaired) electrons. The molecule has 2 N–H and O–H groups in total. The van der Waals surface area contributed by atoms with Crippen LogP contribution in [-0.4, -0.2) is 5.75 Å². The summed E-state index contributed by atoms with van der Waals surface area (Å²) in [6.45, 7) is 8.54. The highest BCUT2D eigenvalue weighted by atomic mass is 32.2. The highest BCUT2D eigenvalue weighted by molar-refractivity contribution is 7.99. The van der Waals surface area contributed by atoms with Crippen molar-refractivity contribution in [3.63, 3.8) is 0 Å². The fourth-order valence-corrected chi connectivity index (χ4v) is 3.46. The lowest BCUT2D eigenvalue weighted by atomic mass is 10.0. The zero-order chi connectivity index (χ0) is 14.7. The van der Waals surface area contributed by atoms with Crippen molar-refractivity contribution in [2.75, 3.05) is 5.75 Å². The van der Waals surface area contributed by atoms with Crippen LogP contribution in [0.4, 0.5) is 0 Å². The molecule has 2 heteroatoms. The largest absolute Gasteiger partial charge is 0.323 e. The third kappa shape index (κ3) is 3.87. The van der Waals surface area contributed by atoms with Gasteiger partial charge in [0.15, 0.2) is 0 Å². The Morgan fingerprint density at radius 3 is 2.15 bits per heavy atom. The van der Waals surface area contributed by atoms with E-state index in [1.807, 2.05) is 11.8 Å². The molecule has 0 spiro atoms. The third-order valence-electron chi connectivity index (χ3n) is 3.42. The second-order valence-corrected chi connectivity index (χ2v) is 6.67. The van der Waals surface area contributed by atoms with E-state index in [2.05, 4.69) is 64.1 Å². The van der Waals surface area contributed by atoms with E-state index < -0.39 is 0 Å². The molecule has 0 aliphatic rings. The molecular weight excluding hydrogens is 262 g/mol. The van der Waals surface area contributed by atoms with Gasteiger partial charge in [-0.1, -0.05) is 47.0 Å². The van der Waals surface area contributed by atoms with Gasteiger partial charge < -0.3 is 5.73 Å². The standard InChI is InChI=1S/C18H23NS/c1-12-5-6-18(15(4)8-12)20-11-17(19)16-9-13(2)7-14(3)10-16/h5-10,17H,11,19H2,1-4H3. The van der Waals surface area contributed by atoms with Crippen LogP contribution >= 0.6 is 11.8 Å². The molecule has 0 saturated carbocycles. The molecule has 0 aromatic heterocycles. The minimum absolute atomic E-state index is 0.0827. The van der Waals surface area contributed by atoms with Crippen LogP contribution in [0.2, 0.25) is 0 Å². The van der Waals surface area contributed by atoms with E-state index in [-0.39, 0.29) is 6.04 Å². The molecule has 0 amide bonds. The van der Waals surface area contributed by atoms with E-state index in [0.717, 1.165) is 5.75 Å². The highest BCUT2D eigenvalue weighted by Crippen LogP contribution is 2.27. The number of hydrogen-bond donors (Lipinski definition) is 1. The van der Waals surface area contributed by atoms with Gasteiger partial charge in [-0.05, 0) is 44.9 Å². The summed E-state index contributed by atoms with van der Waals surface area (Å²) in [7, 11) is 0. The summed E-state index contributed by atoms with van der Waals surface area (Å²) >= 11 is 1.85. The van der Waals surface area contributed by atoms with Crippen LogP contribution in [0.1, 0.15) is 33.9 Å². The molecule has 1 nitrogen and oxygen atoms in total. The van der Waals surface area contributed by atoms with Crippen molar-refractivity contribution in [2.24, 2.45) is 5.73 Å². The number of hydrogen-bond acceptors (Lipinski definition) is 2. The normalized spacial score (nSPS) is 12.4. The summed E-state index contributed by atoms with van der Waals surface area (Å²) in [4.78, 5) is 1.33. The molecule has 0 fully saturated rings. The van der Waals surface area contributed by atoms with E-state index in [0.29, 0.717) is 0 Å². The van der Waals surface area contributed by atoms with Crippen LogP contribution in [0.3, 0.4) is 0 Å². The van der Waals surface area contributed by atoms with E-state index in [4.69, 9.17) is 5.73 Å². The van der Waals surface area contributed by atoms with Crippen LogP contribution < -0.4 is 5.73 Å². The van der Waals surface area contributed by atoms with Gasteiger partial charge in [-0.2, -0.15) is 0 Å². The fraction of sp³-hybridized carbons (Fsp3) is 0.333. The fourth-order valence-electron chi connectivity index (χ4n) is 2.46. The van der Waals surface area contributed by atoms with Crippen molar-refractivity contribution in [3.05, 3.63) is 64.2 Å². The average molecular weight is 285 g/mol. The third-order valence-corrected chi connectivity index (χ3v) is 4.72. The number of aryl methyl sites for hydroxylation is 4. The lowest BCUT2D eigenvalue weighted by Gasteiger charge is -2.14. The molecule has 0 aliphatic heterocycles. The first-order valence-corrected chi connectivity index (χ1v) is 7.98. The van der Waals surface area contributed by atoms with Crippen molar-refractivity contribution in [3.8, 4) is 0 Å². The molecule has 20 heavy (non-hydrogen) atoms. The van der Waals surface area contributed by atoms with Gasteiger partial charge in [0.25, 0.3) is 0 Å². The van der Waals surface area contributed by atoms with E-state index in [1.54, 1.807) is 0 Å². The second kappa shape index (κ2) is 6.47. The molecule has 2 aromatic rings. The molecular formula is C18H23NS. The maximum Gasteiger partial charge on any atom is 0.0390 e. The molecule has 2 rings (SSSR count). The molecule has 1 atom stereocenters. The summed E-state index contributed by atoms with van der Waals surface area (Å²) < 4.78 is 0. The number of nitrogens with two attached hydrogens (primary N) is 1. The molecule has 106 valence electrons. The van der Waals surface area contributed by atoms with Gasteiger partial charge in [0.05, 0.1) is 0 Å². The second-order valence-electron chi connectivity index (χ2n) is 5.61. The molecule has 0 heterocycles. The van der Waals surface area contributed by atoms with Gasteiger partial charge in [-0.3, -0.25) is 0 Å². The van der Waals surface area contributed by atoms with Crippen LogP contribution in [0.5, 0.6) is 0 Å². The monoisotopic (exact) mass is 285 g/mol. The smallest absolute Gasteiger partial charge is 0.0390 e. The first-order valence-electron chi connectivity index (χ1n) is 6.99. The van der Waals surface area contributed by atoms with Gasteiger partial charge in [-0.25, -0.2) is 0 Å². The summed E-state index contributed by atoms with van der Waals surface area (Å²) in [5.74, 6) is 0.910. The van der Waals surface area contributed by atoms with Gasteiger partial charge in [-0.15, -0.1) is 11.8 Å².